The number of benzene rings is 1. The molecule has 2 nitrogen and oxygen atoms in total. The molecular weight excluding hydrogens is 358 g/mol. The quantitative estimate of drug-likeness (QED) is 0.817. The summed E-state index contributed by atoms with van der Waals surface area (Å²) in [7, 11) is 0. The number of carbonyl (C=O) groups is 1. The van der Waals surface area contributed by atoms with Crippen LogP contribution in [0, 0.1) is 11.8 Å². The minimum Gasteiger partial charge on any atom is -0.349 e. The second-order valence-electron chi connectivity index (χ2n) is 5.15. The normalized spacial score (nSPS) is 27.2. The van der Waals surface area contributed by atoms with Crippen LogP contribution in [-0.2, 0) is 0 Å². The van der Waals surface area contributed by atoms with Gasteiger partial charge in [-0.25, -0.2) is 0 Å². The van der Waals surface area contributed by atoms with Gasteiger partial charge < -0.3 is 5.32 Å². The molecule has 3 atom stereocenters. The Morgan fingerprint density at radius 3 is 2.28 bits per heavy atom. The molecule has 18 heavy (non-hydrogen) atoms. The number of hydrogen-bond acceptors (Lipinski definition) is 1. The summed E-state index contributed by atoms with van der Waals surface area (Å²) in [4.78, 5) is 12.2. The zero-order valence-corrected chi connectivity index (χ0v) is 13.7. The summed E-state index contributed by atoms with van der Waals surface area (Å²) in [6, 6.07) is 5.94. The predicted octanol–water partition coefficient (Wildman–Crippen LogP) is 4.38. The summed E-state index contributed by atoms with van der Waals surface area (Å²) in [5.41, 5.74) is 0.697. The lowest BCUT2D eigenvalue weighted by molar-refractivity contribution is 0.0927. The first-order chi connectivity index (χ1) is 8.47. The minimum atomic E-state index is 0.0166. The maximum Gasteiger partial charge on any atom is 0.251 e. The van der Waals surface area contributed by atoms with E-state index in [1.165, 1.54) is 6.42 Å². The Morgan fingerprint density at radius 2 is 1.78 bits per heavy atom. The summed E-state index contributed by atoms with van der Waals surface area (Å²) < 4.78 is 1.82. The molecule has 1 aliphatic rings. The van der Waals surface area contributed by atoms with Gasteiger partial charge in [0.15, 0.2) is 0 Å². The van der Waals surface area contributed by atoms with Crippen LogP contribution in [0.25, 0.3) is 0 Å². The molecule has 98 valence electrons. The Bertz CT molecular complexity index is 441. The van der Waals surface area contributed by atoms with Gasteiger partial charge in [-0.05, 0) is 42.9 Å². The van der Waals surface area contributed by atoms with Crippen molar-refractivity contribution < 1.29 is 4.79 Å². The summed E-state index contributed by atoms with van der Waals surface area (Å²) >= 11 is 6.81. The van der Waals surface area contributed by atoms with E-state index in [9.17, 15) is 4.79 Å². The molecule has 4 heteroatoms. The number of rotatable bonds is 2. The van der Waals surface area contributed by atoms with Crippen LogP contribution in [0.1, 0.15) is 37.0 Å². The van der Waals surface area contributed by atoms with Crippen molar-refractivity contribution in [1.82, 2.24) is 5.32 Å². The number of amides is 1. The Kier molecular flexibility index (Phi) is 4.49. The largest absolute Gasteiger partial charge is 0.349 e. The number of carbonyl (C=O) groups excluding carboxylic acids is 1. The standard InChI is InChI=1S/C14H17Br2NO/c1-8-3-4-13(9(8)2)17-14(18)10-5-11(15)7-12(16)6-10/h5-9,13H,3-4H2,1-2H3,(H,17,18). The van der Waals surface area contributed by atoms with E-state index in [1.54, 1.807) is 0 Å². The highest BCUT2D eigenvalue weighted by Crippen LogP contribution is 2.31. The molecule has 0 aromatic heterocycles. The second-order valence-corrected chi connectivity index (χ2v) is 6.98. The van der Waals surface area contributed by atoms with Gasteiger partial charge in [-0.2, -0.15) is 0 Å². The van der Waals surface area contributed by atoms with E-state index in [-0.39, 0.29) is 5.91 Å². The molecule has 0 bridgehead atoms. The monoisotopic (exact) mass is 373 g/mol. The highest BCUT2D eigenvalue weighted by Gasteiger charge is 2.30. The van der Waals surface area contributed by atoms with E-state index in [0.29, 0.717) is 23.4 Å². The van der Waals surface area contributed by atoms with Crippen LogP contribution < -0.4 is 5.32 Å². The Labute approximate surface area is 125 Å². The van der Waals surface area contributed by atoms with Crippen molar-refractivity contribution in [2.45, 2.75) is 32.7 Å². The van der Waals surface area contributed by atoms with Crippen molar-refractivity contribution in [1.29, 1.82) is 0 Å². The van der Waals surface area contributed by atoms with Crippen LogP contribution in [0.3, 0.4) is 0 Å². The van der Waals surface area contributed by atoms with Crippen molar-refractivity contribution in [2.24, 2.45) is 11.8 Å². The van der Waals surface area contributed by atoms with Crippen molar-refractivity contribution >= 4 is 37.8 Å². The third-order valence-electron chi connectivity index (χ3n) is 3.91. The fourth-order valence-electron chi connectivity index (χ4n) is 2.51. The molecule has 1 N–H and O–H groups in total. The van der Waals surface area contributed by atoms with Gasteiger partial charge >= 0.3 is 0 Å². The molecule has 1 aromatic rings. The molecule has 1 aliphatic carbocycles. The van der Waals surface area contributed by atoms with Gasteiger partial charge in [-0.3, -0.25) is 4.79 Å². The molecule has 1 aromatic carbocycles. The molecule has 0 aliphatic heterocycles. The molecule has 1 saturated carbocycles. The topological polar surface area (TPSA) is 29.1 Å². The summed E-state index contributed by atoms with van der Waals surface area (Å²) in [6.07, 6.45) is 2.29. The average molecular weight is 375 g/mol. The van der Waals surface area contributed by atoms with Crippen LogP contribution in [-0.4, -0.2) is 11.9 Å². The Hall–Kier alpha value is -0.350. The van der Waals surface area contributed by atoms with E-state index in [2.05, 4.69) is 51.0 Å². The van der Waals surface area contributed by atoms with E-state index in [0.717, 1.165) is 15.4 Å². The summed E-state index contributed by atoms with van der Waals surface area (Å²) in [5, 5.41) is 3.15. The molecule has 0 radical (unpaired) electrons. The molecule has 3 unspecified atom stereocenters. The van der Waals surface area contributed by atoms with Crippen LogP contribution >= 0.6 is 31.9 Å². The fourth-order valence-corrected chi connectivity index (χ4v) is 3.80. The Balaban J connectivity index is 2.08. The first kappa shape index (κ1) is 14.1. The molecule has 1 fully saturated rings. The zero-order chi connectivity index (χ0) is 13.3. The van der Waals surface area contributed by atoms with Gasteiger partial charge in [-0.15, -0.1) is 0 Å². The van der Waals surface area contributed by atoms with Crippen molar-refractivity contribution in [3.63, 3.8) is 0 Å². The first-order valence-corrected chi connectivity index (χ1v) is 7.83. The number of hydrogen-bond donors (Lipinski definition) is 1. The van der Waals surface area contributed by atoms with E-state index in [4.69, 9.17) is 0 Å². The maximum absolute atomic E-state index is 12.2. The maximum atomic E-state index is 12.2. The zero-order valence-electron chi connectivity index (χ0n) is 10.5. The van der Waals surface area contributed by atoms with Crippen molar-refractivity contribution in [2.75, 3.05) is 0 Å². The lowest BCUT2D eigenvalue weighted by Crippen LogP contribution is -2.37. The first-order valence-electron chi connectivity index (χ1n) is 6.24. The van der Waals surface area contributed by atoms with Crippen molar-refractivity contribution in [3.05, 3.63) is 32.7 Å². The van der Waals surface area contributed by atoms with Gasteiger partial charge in [0.25, 0.3) is 5.91 Å². The van der Waals surface area contributed by atoms with Gasteiger partial charge in [0, 0.05) is 20.6 Å². The smallest absolute Gasteiger partial charge is 0.251 e. The molecule has 0 heterocycles. The van der Waals surface area contributed by atoms with Gasteiger partial charge in [0.1, 0.15) is 0 Å². The van der Waals surface area contributed by atoms with E-state index in [1.807, 2.05) is 18.2 Å². The number of nitrogens with one attached hydrogen (secondary N) is 1. The SMILES string of the molecule is CC1CCC(NC(=O)c2cc(Br)cc(Br)c2)C1C. The van der Waals surface area contributed by atoms with E-state index < -0.39 is 0 Å². The van der Waals surface area contributed by atoms with Crippen LogP contribution in [0.5, 0.6) is 0 Å². The highest BCUT2D eigenvalue weighted by atomic mass is 79.9. The molecule has 0 saturated heterocycles. The third-order valence-corrected chi connectivity index (χ3v) is 4.82. The number of halogens is 2. The van der Waals surface area contributed by atoms with Crippen LogP contribution in [0.15, 0.2) is 27.1 Å². The summed E-state index contributed by atoms with van der Waals surface area (Å²) in [5.74, 6) is 1.28. The van der Waals surface area contributed by atoms with Gasteiger partial charge in [0.05, 0.1) is 0 Å². The second kappa shape index (κ2) is 5.74. The average Bonchev–Trinajstić information content (AvgIpc) is 2.59. The van der Waals surface area contributed by atoms with Gasteiger partial charge in [-0.1, -0.05) is 45.7 Å². The summed E-state index contributed by atoms with van der Waals surface area (Å²) in [6.45, 7) is 4.48. The van der Waals surface area contributed by atoms with Crippen molar-refractivity contribution in [3.8, 4) is 0 Å². The van der Waals surface area contributed by atoms with Crippen LogP contribution in [0.2, 0.25) is 0 Å². The minimum absolute atomic E-state index is 0.0166. The van der Waals surface area contributed by atoms with Gasteiger partial charge in [0.2, 0.25) is 0 Å². The molecular formula is C14H17Br2NO. The highest BCUT2D eigenvalue weighted by molar-refractivity contribution is 9.11. The lowest BCUT2D eigenvalue weighted by Gasteiger charge is -2.19. The third kappa shape index (κ3) is 3.15. The molecule has 1 amide bonds. The van der Waals surface area contributed by atoms with E-state index >= 15 is 0 Å². The fraction of sp³-hybridized carbons (Fsp3) is 0.500. The predicted molar refractivity (Wildman–Crippen MR) is 80.7 cm³/mol. The van der Waals surface area contributed by atoms with Crippen LogP contribution in [0.4, 0.5) is 0 Å². The Morgan fingerprint density at radius 1 is 1.17 bits per heavy atom. The lowest BCUT2D eigenvalue weighted by atomic mass is 9.97. The molecule has 0 spiro atoms. The molecule has 2 rings (SSSR count).